The zero-order chi connectivity index (χ0) is 24.2. The van der Waals surface area contributed by atoms with E-state index in [1.807, 2.05) is 60.7 Å². The first-order valence-corrected chi connectivity index (χ1v) is 12.7. The summed E-state index contributed by atoms with van der Waals surface area (Å²) in [4.78, 5) is 24.5. The molecular formula is C25H35NO5Si. The number of carboxylic acid groups (broad SMARTS) is 1. The highest BCUT2D eigenvalue weighted by Gasteiger charge is 2.52. The van der Waals surface area contributed by atoms with Crippen LogP contribution in [0.5, 0.6) is 0 Å². The molecule has 174 valence electrons. The van der Waals surface area contributed by atoms with Crippen molar-refractivity contribution >= 4 is 30.8 Å². The number of ether oxygens (including phenoxy) is 1. The first kappa shape index (κ1) is 25.6. The van der Waals surface area contributed by atoms with Gasteiger partial charge in [-0.3, -0.25) is 0 Å². The number of alkyl carbamates (subject to hydrolysis) is 1. The van der Waals surface area contributed by atoms with Gasteiger partial charge in [0.25, 0.3) is 8.32 Å². The molecule has 0 saturated carbocycles. The van der Waals surface area contributed by atoms with Gasteiger partial charge in [0.15, 0.2) is 6.04 Å². The zero-order valence-corrected chi connectivity index (χ0v) is 21.0. The van der Waals surface area contributed by atoms with Crippen LogP contribution in [0, 0.1) is 0 Å². The molecule has 0 spiro atoms. The molecule has 0 unspecified atom stereocenters. The highest BCUT2D eigenvalue weighted by Crippen LogP contribution is 2.37. The lowest BCUT2D eigenvalue weighted by Gasteiger charge is -2.45. The normalized spacial score (nSPS) is 14.3. The van der Waals surface area contributed by atoms with Gasteiger partial charge in [0.2, 0.25) is 0 Å². The Kier molecular flexibility index (Phi) is 7.91. The second-order valence-corrected chi connectivity index (χ2v) is 14.2. The maximum absolute atomic E-state index is 12.3. The largest absolute Gasteiger partial charge is 0.480 e. The van der Waals surface area contributed by atoms with Crippen molar-refractivity contribution in [2.75, 3.05) is 0 Å². The quantitative estimate of drug-likeness (QED) is 0.616. The third-order valence-corrected chi connectivity index (χ3v) is 10.3. The predicted octanol–water partition coefficient (Wildman–Crippen LogP) is 3.93. The molecule has 0 aliphatic heterocycles. The molecule has 0 heterocycles. The molecule has 0 fully saturated rings. The van der Waals surface area contributed by atoms with E-state index < -0.39 is 38.1 Å². The highest BCUT2D eigenvalue weighted by molar-refractivity contribution is 6.99. The smallest absolute Gasteiger partial charge is 0.408 e. The van der Waals surface area contributed by atoms with Crippen LogP contribution in [0.1, 0.15) is 48.5 Å². The summed E-state index contributed by atoms with van der Waals surface area (Å²) in [5, 5.41) is 14.1. The fraction of sp³-hybridized carbons (Fsp3) is 0.440. The molecule has 0 aliphatic carbocycles. The molecule has 1 amide bonds. The Hall–Kier alpha value is -2.64. The van der Waals surface area contributed by atoms with E-state index in [0.29, 0.717) is 0 Å². The number of rotatable bonds is 7. The summed E-state index contributed by atoms with van der Waals surface area (Å²) in [6.45, 7) is 13.2. The minimum Gasteiger partial charge on any atom is -0.480 e. The van der Waals surface area contributed by atoms with Crippen molar-refractivity contribution in [1.29, 1.82) is 0 Å². The number of nitrogens with one attached hydrogen (secondary N) is 1. The first-order chi connectivity index (χ1) is 14.8. The van der Waals surface area contributed by atoms with Gasteiger partial charge < -0.3 is 19.6 Å². The molecule has 0 radical (unpaired) electrons. The second kappa shape index (κ2) is 9.88. The topological polar surface area (TPSA) is 84.9 Å². The van der Waals surface area contributed by atoms with Crippen molar-refractivity contribution in [3.05, 3.63) is 60.7 Å². The molecule has 2 N–H and O–H groups in total. The third kappa shape index (κ3) is 5.98. The number of aliphatic carboxylic acids is 1. The van der Waals surface area contributed by atoms with E-state index >= 15 is 0 Å². The van der Waals surface area contributed by atoms with Crippen LogP contribution in [-0.4, -0.2) is 43.2 Å². The molecule has 0 aliphatic rings. The predicted molar refractivity (Wildman–Crippen MR) is 129 cm³/mol. The number of carbonyl (C=O) groups is 2. The maximum Gasteiger partial charge on any atom is 0.408 e. The summed E-state index contributed by atoms with van der Waals surface area (Å²) >= 11 is 0. The molecule has 32 heavy (non-hydrogen) atoms. The van der Waals surface area contributed by atoms with Gasteiger partial charge in [-0.15, -0.1) is 0 Å². The van der Waals surface area contributed by atoms with Gasteiger partial charge in [-0.05, 0) is 43.1 Å². The molecule has 0 bridgehead atoms. The lowest BCUT2D eigenvalue weighted by Crippen LogP contribution is -2.69. The molecule has 2 aromatic rings. The van der Waals surface area contributed by atoms with E-state index in [-0.39, 0.29) is 5.04 Å². The monoisotopic (exact) mass is 457 g/mol. The lowest BCUT2D eigenvalue weighted by molar-refractivity contribution is -0.141. The van der Waals surface area contributed by atoms with Gasteiger partial charge in [-0.1, -0.05) is 81.4 Å². The SMILES string of the molecule is C[C@@H](O[Si](c1ccccc1)(c1ccccc1)C(C)(C)C)[C@H](NC(=O)OC(C)(C)C)C(=O)O. The highest BCUT2D eigenvalue weighted by atomic mass is 28.4. The Bertz CT molecular complexity index is 864. The Labute approximate surface area is 192 Å². The van der Waals surface area contributed by atoms with E-state index in [0.717, 1.165) is 10.4 Å². The fourth-order valence-electron chi connectivity index (χ4n) is 3.85. The standard InChI is InChI=1S/C25H35NO5Si/c1-18(21(22(27)28)26-23(29)30-24(2,3)4)31-32(25(5,6)7,19-14-10-8-11-15-19)20-16-12-9-13-17-20/h8-18,21H,1-7H3,(H,26,29)(H,27,28)/t18-,21+/m1/s1. The van der Waals surface area contributed by atoms with Gasteiger partial charge in [0.05, 0.1) is 6.10 Å². The van der Waals surface area contributed by atoms with Crippen molar-refractivity contribution in [3.63, 3.8) is 0 Å². The average Bonchev–Trinajstić information content (AvgIpc) is 2.69. The minimum absolute atomic E-state index is 0.320. The molecule has 6 nitrogen and oxygen atoms in total. The number of carboxylic acids is 1. The van der Waals surface area contributed by atoms with Gasteiger partial charge in [0.1, 0.15) is 5.60 Å². The van der Waals surface area contributed by atoms with Gasteiger partial charge >= 0.3 is 12.1 Å². The molecule has 0 saturated heterocycles. The average molecular weight is 458 g/mol. The van der Waals surface area contributed by atoms with Crippen molar-refractivity contribution in [2.24, 2.45) is 0 Å². The van der Waals surface area contributed by atoms with E-state index in [1.165, 1.54) is 0 Å². The Balaban J connectivity index is 2.53. The maximum atomic E-state index is 12.3. The second-order valence-electron chi connectivity index (χ2n) is 9.95. The van der Waals surface area contributed by atoms with Gasteiger partial charge in [-0.2, -0.15) is 0 Å². The van der Waals surface area contributed by atoms with E-state index in [1.54, 1.807) is 27.7 Å². The Morgan fingerprint density at radius 3 is 1.66 bits per heavy atom. The summed E-state index contributed by atoms with van der Waals surface area (Å²) in [7, 11) is -2.97. The van der Waals surface area contributed by atoms with Crippen LogP contribution in [-0.2, 0) is 14.0 Å². The van der Waals surface area contributed by atoms with Crippen molar-refractivity contribution < 1.29 is 23.9 Å². The van der Waals surface area contributed by atoms with Crippen LogP contribution in [0.15, 0.2) is 60.7 Å². The van der Waals surface area contributed by atoms with Crippen LogP contribution in [0.2, 0.25) is 5.04 Å². The minimum atomic E-state index is -2.97. The molecule has 7 heteroatoms. The molecule has 2 atom stereocenters. The molecule has 2 rings (SSSR count). The number of benzene rings is 2. The van der Waals surface area contributed by atoms with Crippen LogP contribution in [0.4, 0.5) is 4.79 Å². The Morgan fingerprint density at radius 2 is 1.31 bits per heavy atom. The molecule has 2 aromatic carbocycles. The Morgan fingerprint density at radius 1 is 0.875 bits per heavy atom. The summed E-state index contributed by atoms with van der Waals surface area (Å²) in [6.07, 6.45) is -1.60. The van der Waals surface area contributed by atoms with Crippen LogP contribution >= 0.6 is 0 Å². The van der Waals surface area contributed by atoms with E-state index in [4.69, 9.17) is 9.16 Å². The molecule has 0 aromatic heterocycles. The van der Waals surface area contributed by atoms with Crippen LogP contribution in [0.25, 0.3) is 0 Å². The number of hydrogen-bond acceptors (Lipinski definition) is 4. The zero-order valence-electron chi connectivity index (χ0n) is 20.0. The summed E-state index contributed by atoms with van der Waals surface area (Å²) in [6, 6.07) is 18.6. The van der Waals surface area contributed by atoms with E-state index in [9.17, 15) is 14.7 Å². The summed E-state index contributed by atoms with van der Waals surface area (Å²) < 4.78 is 12.1. The summed E-state index contributed by atoms with van der Waals surface area (Å²) in [5.74, 6) is -1.18. The van der Waals surface area contributed by atoms with Gasteiger partial charge in [0, 0.05) is 0 Å². The third-order valence-electron chi connectivity index (χ3n) is 5.19. The van der Waals surface area contributed by atoms with Crippen molar-refractivity contribution in [2.45, 2.75) is 71.3 Å². The van der Waals surface area contributed by atoms with E-state index in [2.05, 4.69) is 26.1 Å². The van der Waals surface area contributed by atoms with Crippen molar-refractivity contribution in [3.8, 4) is 0 Å². The number of hydrogen-bond donors (Lipinski definition) is 2. The number of amides is 1. The van der Waals surface area contributed by atoms with Crippen LogP contribution < -0.4 is 15.7 Å². The lowest BCUT2D eigenvalue weighted by atomic mass is 10.2. The fourth-order valence-corrected chi connectivity index (χ4v) is 8.56. The number of carbonyl (C=O) groups excluding carboxylic acids is 1. The molecular weight excluding hydrogens is 422 g/mol. The first-order valence-electron chi connectivity index (χ1n) is 10.8. The van der Waals surface area contributed by atoms with Crippen LogP contribution in [0.3, 0.4) is 0 Å². The summed E-state index contributed by atoms with van der Waals surface area (Å²) in [5.41, 5.74) is -0.741. The van der Waals surface area contributed by atoms with Crippen molar-refractivity contribution in [1.82, 2.24) is 5.32 Å². The van der Waals surface area contributed by atoms with Gasteiger partial charge in [-0.25, -0.2) is 9.59 Å².